The van der Waals surface area contributed by atoms with E-state index in [-0.39, 0.29) is 0 Å². The van der Waals surface area contributed by atoms with Crippen molar-refractivity contribution in [2.45, 2.75) is 0 Å². The Labute approximate surface area is 73.4 Å². The maximum atomic E-state index is 5.93. The predicted octanol–water partition coefficient (Wildman–Crippen LogP) is 3.14. The molecular formula is C8H6ClNS. The highest BCUT2D eigenvalue weighted by Gasteiger charge is 2.00. The van der Waals surface area contributed by atoms with Crippen LogP contribution in [0.15, 0.2) is 24.3 Å². The summed E-state index contributed by atoms with van der Waals surface area (Å²) in [5.41, 5.74) is 5.62. The highest BCUT2D eigenvalue weighted by Crippen LogP contribution is 2.32. The van der Waals surface area contributed by atoms with E-state index in [1.165, 1.54) is 11.3 Å². The van der Waals surface area contributed by atoms with Gasteiger partial charge in [-0.2, -0.15) is 0 Å². The van der Waals surface area contributed by atoms with Crippen molar-refractivity contribution in [2.75, 3.05) is 5.73 Å². The van der Waals surface area contributed by atoms with E-state index in [0.717, 1.165) is 20.1 Å². The Hall–Kier alpha value is -0.730. The second-order valence-electron chi connectivity index (χ2n) is 2.31. The minimum atomic E-state index is 0.782. The number of nitrogen functional groups attached to an aromatic ring is 1. The van der Waals surface area contributed by atoms with Crippen molar-refractivity contribution in [1.82, 2.24) is 0 Å². The highest BCUT2D eigenvalue weighted by molar-refractivity contribution is 7.23. The molecule has 0 spiro atoms. The van der Waals surface area contributed by atoms with E-state index in [1.54, 1.807) is 0 Å². The van der Waals surface area contributed by atoms with Gasteiger partial charge in [0, 0.05) is 0 Å². The van der Waals surface area contributed by atoms with Gasteiger partial charge >= 0.3 is 0 Å². The molecule has 0 atom stereocenters. The largest absolute Gasteiger partial charge is 0.391 e. The van der Waals surface area contributed by atoms with Gasteiger partial charge in [-0.1, -0.05) is 23.7 Å². The van der Waals surface area contributed by atoms with Crippen LogP contribution in [-0.2, 0) is 0 Å². The van der Waals surface area contributed by atoms with Crippen molar-refractivity contribution < 1.29 is 0 Å². The summed E-state index contributed by atoms with van der Waals surface area (Å²) in [6.07, 6.45) is 0. The second kappa shape index (κ2) is 2.40. The van der Waals surface area contributed by atoms with Crippen molar-refractivity contribution in [3.63, 3.8) is 0 Å². The van der Waals surface area contributed by atoms with Crippen LogP contribution in [0.2, 0.25) is 5.02 Å². The lowest BCUT2D eigenvalue weighted by atomic mass is 10.3. The summed E-state index contributed by atoms with van der Waals surface area (Å²) in [6, 6.07) is 7.75. The second-order valence-corrected chi connectivity index (χ2v) is 3.80. The first-order chi connectivity index (χ1) is 5.27. The quantitative estimate of drug-likeness (QED) is 0.667. The lowest BCUT2D eigenvalue weighted by Gasteiger charge is -1.89. The van der Waals surface area contributed by atoms with Crippen LogP contribution >= 0.6 is 22.9 Å². The molecule has 3 heteroatoms. The number of nitrogens with two attached hydrogens (primary N) is 1. The number of thiophene rings is 1. The zero-order valence-corrected chi connectivity index (χ0v) is 7.25. The molecule has 0 aliphatic heterocycles. The Kier molecular flexibility index (Phi) is 1.51. The van der Waals surface area contributed by atoms with E-state index < -0.39 is 0 Å². The fourth-order valence-corrected chi connectivity index (χ4v) is 2.18. The van der Waals surface area contributed by atoms with Crippen LogP contribution < -0.4 is 5.73 Å². The lowest BCUT2D eigenvalue weighted by molar-refractivity contribution is 1.85. The van der Waals surface area contributed by atoms with Gasteiger partial charge in [-0.3, -0.25) is 0 Å². The molecule has 1 aromatic heterocycles. The minimum absolute atomic E-state index is 0.782. The van der Waals surface area contributed by atoms with Gasteiger partial charge < -0.3 is 5.73 Å². The number of hydrogen-bond donors (Lipinski definition) is 1. The predicted molar refractivity (Wildman–Crippen MR) is 51.2 cm³/mol. The molecule has 2 rings (SSSR count). The van der Waals surface area contributed by atoms with Crippen LogP contribution in [0.25, 0.3) is 10.1 Å². The molecule has 2 aromatic rings. The molecule has 0 saturated heterocycles. The summed E-state index contributed by atoms with van der Waals surface area (Å²) in [5.74, 6) is 0. The van der Waals surface area contributed by atoms with E-state index in [9.17, 15) is 0 Å². The fourth-order valence-electron chi connectivity index (χ4n) is 1.05. The van der Waals surface area contributed by atoms with E-state index in [2.05, 4.69) is 0 Å². The Morgan fingerprint density at radius 1 is 1.36 bits per heavy atom. The third kappa shape index (κ3) is 1.08. The van der Waals surface area contributed by atoms with Crippen molar-refractivity contribution >= 4 is 38.0 Å². The van der Waals surface area contributed by atoms with Crippen LogP contribution in [-0.4, -0.2) is 0 Å². The third-order valence-corrected chi connectivity index (χ3v) is 2.96. The van der Waals surface area contributed by atoms with E-state index in [4.69, 9.17) is 17.3 Å². The van der Waals surface area contributed by atoms with E-state index in [1.807, 2.05) is 24.3 Å². The molecule has 0 aliphatic carbocycles. The van der Waals surface area contributed by atoms with Gasteiger partial charge in [-0.05, 0) is 17.5 Å². The van der Waals surface area contributed by atoms with Gasteiger partial charge in [0.2, 0.25) is 0 Å². The fraction of sp³-hybridized carbons (Fsp3) is 0. The summed E-state index contributed by atoms with van der Waals surface area (Å²) < 4.78 is 1.08. The van der Waals surface area contributed by atoms with Crippen molar-refractivity contribution in [3.8, 4) is 0 Å². The molecule has 2 N–H and O–H groups in total. The number of rotatable bonds is 0. The molecule has 0 fully saturated rings. The van der Waals surface area contributed by atoms with Gasteiger partial charge in [0.15, 0.2) is 0 Å². The highest BCUT2D eigenvalue weighted by atomic mass is 35.5. The van der Waals surface area contributed by atoms with Gasteiger partial charge in [-0.25, -0.2) is 0 Å². The van der Waals surface area contributed by atoms with Gasteiger partial charge in [0.1, 0.15) is 0 Å². The van der Waals surface area contributed by atoms with Crippen LogP contribution in [0, 0.1) is 0 Å². The molecule has 1 heterocycles. The average molecular weight is 184 g/mol. The van der Waals surface area contributed by atoms with Crippen molar-refractivity contribution in [1.29, 1.82) is 0 Å². The maximum absolute atomic E-state index is 5.93. The number of halogens is 1. The first-order valence-electron chi connectivity index (χ1n) is 3.21. The molecule has 0 amide bonds. The van der Waals surface area contributed by atoms with Gasteiger partial charge in [0.05, 0.1) is 14.7 Å². The molecule has 1 aromatic carbocycles. The zero-order valence-electron chi connectivity index (χ0n) is 5.67. The Morgan fingerprint density at radius 3 is 2.91 bits per heavy atom. The molecule has 0 unspecified atom stereocenters. The maximum Gasteiger partial charge on any atom is 0.0869 e. The molecule has 0 radical (unpaired) electrons. The van der Waals surface area contributed by atoms with Crippen LogP contribution in [0.3, 0.4) is 0 Å². The molecular weight excluding hydrogens is 178 g/mol. The molecule has 0 aliphatic rings. The van der Waals surface area contributed by atoms with E-state index in [0.29, 0.717) is 0 Å². The topological polar surface area (TPSA) is 26.0 Å². The third-order valence-electron chi connectivity index (χ3n) is 1.52. The summed E-state index contributed by atoms with van der Waals surface area (Å²) in [6.45, 7) is 0. The van der Waals surface area contributed by atoms with E-state index >= 15 is 0 Å². The molecule has 0 bridgehead atoms. The Morgan fingerprint density at radius 2 is 2.18 bits per heavy atom. The van der Waals surface area contributed by atoms with Gasteiger partial charge in [0.25, 0.3) is 0 Å². The molecule has 56 valence electrons. The van der Waals surface area contributed by atoms with Crippen molar-refractivity contribution in [3.05, 3.63) is 29.3 Å². The summed E-state index contributed by atoms with van der Waals surface area (Å²) in [7, 11) is 0. The van der Waals surface area contributed by atoms with Crippen LogP contribution in [0.4, 0.5) is 5.00 Å². The average Bonchev–Trinajstić information content (AvgIpc) is 2.31. The number of anilines is 1. The summed E-state index contributed by atoms with van der Waals surface area (Å²) >= 11 is 7.45. The minimum Gasteiger partial charge on any atom is -0.391 e. The standard InChI is InChI=1S/C8H6ClNS/c9-6-3-1-2-5-4-7(10)11-8(5)6/h1-4H,10H2. The number of fused-ring (bicyclic) bond motifs is 1. The Balaban J connectivity index is 2.90. The number of hydrogen-bond acceptors (Lipinski definition) is 2. The normalized spacial score (nSPS) is 10.6. The van der Waals surface area contributed by atoms with Crippen LogP contribution in [0.1, 0.15) is 0 Å². The molecule has 1 nitrogen and oxygen atoms in total. The summed E-state index contributed by atoms with van der Waals surface area (Å²) in [4.78, 5) is 0. The molecule has 0 saturated carbocycles. The first kappa shape index (κ1) is 6.95. The SMILES string of the molecule is Nc1cc2cccc(Cl)c2s1. The van der Waals surface area contributed by atoms with Gasteiger partial charge in [-0.15, -0.1) is 11.3 Å². The lowest BCUT2D eigenvalue weighted by Crippen LogP contribution is -1.72. The smallest absolute Gasteiger partial charge is 0.0869 e. The van der Waals surface area contributed by atoms with Crippen molar-refractivity contribution in [2.24, 2.45) is 0 Å². The zero-order chi connectivity index (χ0) is 7.84. The van der Waals surface area contributed by atoms with Crippen LogP contribution in [0.5, 0.6) is 0 Å². The first-order valence-corrected chi connectivity index (χ1v) is 4.40. The Bertz CT molecular complexity index is 394. The monoisotopic (exact) mass is 183 g/mol. The summed E-state index contributed by atoms with van der Waals surface area (Å²) in [5, 5.41) is 2.72. The number of benzene rings is 1. The molecule has 11 heavy (non-hydrogen) atoms.